The smallest absolute Gasteiger partial charge is 0.163 e. The lowest BCUT2D eigenvalue weighted by atomic mass is 10.0. The van der Waals surface area contributed by atoms with Crippen molar-refractivity contribution in [1.82, 2.24) is 10.2 Å². The molecule has 0 aromatic heterocycles. The maximum Gasteiger partial charge on any atom is 0.163 e. The van der Waals surface area contributed by atoms with Crippen LogP contribution in [0.1, 0.15) is 18.5 Å². The molecule has 1 aliphatic heterocycles. The van der Waals surface area contributed by atoms with Crippen LogP contribution in [0.15, 0.2) is 18.2 Å². The second kappa shape index (κ2) is 4.47. The van der Waals surface area contributed by atoms with Crippen molar-refractivity contribution in [2.75, 3.05) is 20.1 Å². The van der Waals surface area contributed by atoms with E-state index in [1.165, 1.54) is 0 Å². The fourth-order valence-corrected chi connectivity index (χ4v) is 1.94. The van der Waals surface area contributed by atoms with Gasteiger partial charge in [0.2, 0.25) is 0 Å². The van der Waals surface area contributed by atoms with Gasteiger partial charge in [-0.1, -0.05) is 12.1 Å². The summed E-state index contributed by atoms with van der Waals surface area (Å²) in [6.07, 6.45) is 0. The van der Waals surface area contributed by atoms with Crippen molar-refractivity contribution < 1.29 is 8.78 Å². The summed E-state index contributed by atoms with van der Waals surface area (Å²) >= 11 is 0. The van der Waals surface area contributed by atoms with Crippen LogP contribution in [0, 0.1) is 11.6 Å². The van der Waals surface area contributed by atoms with Gasteiger partial charge in [-0.2, -0.15) is 0 Å². The predicted octanol–water partition coefficient (Wildman–Crippen LogP) is 1.93. The molecule has 1 unspecified atom stereocenters. The van der Waals surface area contributed by atoms with Crippen molar-refractivity contribution in [2.24, 2.45) is 0 Å². The van der Waals surface area contributed by atoms with E-state index in [0.29, 0.717) is 11.6 Å². The molecule has 1 aliphatic rings. The van der Waals surface area contributed by atoms with Crippen molar-refractivity contribution in [3.8, 4) is 0 Å². The molecular formula is C12H16F2N2. The van der Waals surface area contributed by atoms with Crippen LogP contribution >= 0.6 is 0 Å². The first-order valence-electron chi connectivity index (χ1n) is 5.48. The monoisotopic (exact) mass is 226 g/mol. The molecule has 1 N–H and O–H groups in total. The molecule has 2 rings (SSSR count). The Morgan fingerprint density at radius 1 is 1.38 bits per heavy atom. The lowest BCUT2D eigenvalue weighted by Crippen LogP contribution is -2.56. The van der Waals surface area contributed by atoms with Gasteiger partial charge in [0.25, 0.3) is 0 Å². The fourth-order valence-electron chi connectivity index (χ4n) is 1.94. The molecule has 1 saturated heterocycles. The van der Waals surface area contributed by atoms with Gasteiger partial charge in [0.1, 0.15) is 0 Å². The van der Waals surface area contributed by atoms with Gasteiger partial charge in [0, 0.05) is 30.7 Å². The highest BCUT2D eigenvalue weighted by Crippen LogP contribution is 2.25. The Bertz CT molecular complexity index is 377. The third-order valence-corrected chi connectivity index (χ3v) is 3.38. The van der Waals surface area contributed by atoms with Crippen LogP contribution in [0.5, 0.6) is 0 Å². The van der Waals surface area contributed by atoms with E-state index in [-0.39, 0.29) is 6.04 Å². The Kier molecular flexibility index (Phi) is 3.21. The van der Waals surface area contributed by atoms with Crippen LogP contribution in [-0.4, -0.2) is 31.1 Å². The second-order valence-electron chi connectivity index (χ2n) is 4.30. The lowest BCUT2D eigenvalue weighted by Gasteiger charge is -2.39. The summed E-state index contributed by atoms with van der Waals surface area (Å²) in [6, 6.07) is 4.65. The molecular weight excluding hydrogens is 210 g/mol. The molecule has 0 bridgehead atoms. The molecule has 1 aromatic carbocycles. The molecule has 88 valence electrons. The maximum atomic E-state index is 13.6. The van der Waals surface area contributed by atoms with Crippen LogP contribution in [0.4, 0.5) is 8.78 Å². The number of rotatable bonds is 3. The first-order valence-corrected chi connectivity index (χ1v) is 5.48. The van der Waals surface area contributed by atoms with E-state index in [4.69, 9.17) is 0 Å². The first kappa shape index (κ1) is 11.5. The number of benzene rings is 1. The fraction of sp³-hybridized carbons (Fsp3) is 0.500. The van der Waals surface area contributed by atoms with E-state index >= 15 is 0 Å². The summed E-state index contributed by atoms with van der Waals surface area (Å²) in [7, 11) is 1.94. The summed E-state index contributed by atoms with van der Waals surface area (Å²) in [4.78, 5) is 2.08. The number of hydrogen-bond donors (Lipinski definition) is 1. The van der Waals surface area contributed by atoms with Crippen molar-refractivity contribution in [2.45, 2.75) is 19.0 Å². The molecule has 0 aliphatic carbocycles. The van der Waals surface area contributed by atoms with Gasteiger partial charge >= 0.3 is 0 Å². The summed E-state index contributed by atoms with van der Waals surface area (Å²) < 4.78 is 26.7. The molecule has 0 radical (unpaired) electrons. The van der Waals surface area contributed by atoms with E-state index in [1.807, 2.05) is 14.0 Å². The van der Waals surface area contributed by atoms with Gasteiger partial charge < -0.3 is 5.32 Å². The minimum Gasteiger partial charge on any atom is -0.314 e. The molecule has 0 saturated carbocycles. The molecule has 2 nitrogen and oxygen atoms in total. The molecule has 1 heterocycles. The van der Waals surface area contributed by atoms with Crippen LogP contribution in [0.2, 0.25) is 0 Å². The Morgan fingerprint density at radius 3 is 2.62 bits per heavy atom. The molecule has 16 heavy (non-hydrogen) atoms. The molecule has 1 aromatic rings. The van der Waals surface area contributed by atoms with Crippen LogP contribution < -0.4 is 5.32 Å². The number of hydrogen-bond acceptors (Lipinski definition) is 2. The Morgan fingerprint density at radius 2 is 2.06 bits per heavy atom. The molecule has 1 atom stereocenters. The number of likely N-dealkylation sites (N-methyl/N-ethyl adjacent to an activating group) is 1. The summed E-state index contributed by atoms with van der Waals surface area (Å²) in [5.74, 6) is -1.50. The zero-order valence-electron chi connectivity index (χ0n) is 9.50. The van der Waals surface area contributed by atoms with Crippen LogP contribution in [0.25, 0.3) is 0 Å². The van der Waals surface area contributed by atoms with E-state index in [1.54, 1.807) is 12.1 Å². The minimum absolute atomic E-state index is 0.109. The van der Waals surface area contributed by atoms with Crippen molar-refractivity contribution >= 4 is 0 Å². The van der Waals surface area contributed by atoms with Crippen molar-refractivity contribution in [3.05, 3.63) is 35.4 Å². The van der Waals surface area contributed by atoms with E-state index in [2.05, 4.69) is 10.2 Å². The third kappa shape index (κ3) is 1.95. The van der Waals surface area contributed by atoms with E-state index in [0.717, 1.165) is 19.2 Å². The number of nitrogens with zero attached hydrogens (tertiary/aromatic N) is 1. The molecule has 4 heteroatoms. The zero-order valence-corrected chi connectivity index (χ0v) is 9.50. The van der Waals surface area contributed by atoms with Crippen LogP contribution in [-0.2, 0) is 0 Å². The maximum absolute atomic E-state index is 13.6. The van der Waals surface area contributed by atoms with Gasteiger partial charge in [-0.05, 0) is 20.0 Å². The highest BCUT2D eigenvalue weighted by molar-refractivity contribution is 5.22. The quantitative estimate of drug-likeness (QED) is 0.847. The second-order valence-corrected chi connectivity index (χ2v) is 4.30. The highest BCUT2D eigenvalue weighted by Gasteiger charge is 2.27. The van der Waals surface area contributed by atoms with Gasteiger partial charge in [0.05, 0.1) is 0 Å². The average Bonchev–Trinajstić information content (AvgIpc) is 2.18. The highest BCUT2D eigenvalue weighted by atomic mass is 19.2. The zero-order chi connectivity index (χ0) is 11.7. The lowest BCUT2D eigenvalue weighted by molar-refractivity contribution is 0.134. The average molecular weight is 226 g/mol. The Hall–Kier alpha value is -1.00. The van der Waals surface area contributed by atoms with Gasteiger partial charge in [-0.3, -0.25) is 4.90 Å². The molecule has 0 amide bonds. The van der Waals surface area contributed by atoms with Gasteiger partial charge in [0.15, 0.2) is 11.6 Å². The largest absolute Gasteiger partial charge is 0.314 e. The minimum atomic E-state index is -0.774. The molecule has 0 spiro atoms. The number of halogens is 2. The van der Waals surface area contributed by atoms with Crippen molar-refractivity contribution in [3.63, 3.8) is 0 Å². The van der Waals surface area contributed by atoms with E-state index < -0.39 is 11.6 Å². The normalized spacial score (nSPS) is 18.6. The van der Waals surface area contributed by atoms with Crippen LogP contribution in [0.3, 0.4) is 0 Å². The SMILES string of the molecule is CC(c1cccc(F)c1F)N(C)C1CNC1. The summed E-state index contributed by atoms with van der Waals surface area (Å²) in [6.45, 7) is 3.73. The molecule has 1 fully saturated rings. The Labute approximate surface area is 94.3 Å². The van der Waals surface area contributed by atoms with E-state index in [9.17, 15) is 8.78 Å². The van der Waals surface area contributed by atoms with Gasteiger partial charge in [-0.25, -0.2) is 8.78 Å². The standard InChI is InChI=1S/C12H16F2N2/c1-8(16(2)9-6-15-7-9)10-4-3-5-11(13)12(10)14/h3-5,8-9,15H,6-7H2,1-2H3. The summed E-state index contributed by atoms with van der Waals surface area (Å²) in [5.41, 5.74) is 0.425. The van der Waals surface area contributed by atoms with Gasteiger partial charge in [-0.15, -0.1) is 0 Å². The predicted molar refractivity (Wildman–Crippen MR) is 59.2 cm³/mol. The third-order valence-electron chi connectivity index (χ3n) is 3.38. The van der Waals surface area contributed by atoms with Crippen molar-refractivity contribution in [1.29, 1.82) is 0 Å². The topological polar surface area (TPSA) is 15.3 Å². The number of nitrogens with one attached hydrogen (secondary N) is 1. The summed E-state index contributed by atoms with van der Waals surface area (Å²) in [5, 5.41) is 3.16. The first-order chi connectivity index (χ1) is 7.61. The Balaban J connectivity index is 2.19.